The number of hydrogen-bond acceptors (Lipinski definition) is 4. The van der Waals surface area contributed by atoms with Crippen molar-refractivity contribution in [2.24, 2.45) is 5.41 Å². The Balaban J connectivity index is 1.98. The molecule has 18 heavy (non-hydrogen) atoms. The van der Waals surface area contributed by atoms with Gasteiger partial charge in [-0.2, -0.15) is 0 Å². The van der Waals surface area contributed by atoms with Crippen molar-refractivity contribution >= 4 is 0 Å². The van der Waals surface area contributed by atoms with Crippen LogP contribution in [0, 0.1) is 5.41 Å². The highest BCUT2D eigenvalue weighted by molar-refractivity contribution is 4.88. The number of aromatic nitrogens is 4. The predicted octanol–water partition coefficient (Wildman–Crippen LogP) is 2.14. The zero-order valence-electron chi connectivity index (χ0n) is 11.7. The number of tetrazole rings is 1. The van der Waals surface area contributed by atoms with Gasteiger partial charge in [-0.05, 0) is 48.1 Å². The lowest BCUT2D eigenvalue weighted by Crippen LogP contribution is -2.26. The van der Waals surface area contributed by atoms with Crippen LogP contribution < -0.4 is 5.32 Å². The third-order valence-corrected chi connectivity index (χ3v) is 4.22. The molecular formula is C13H25N5. The van der Waals surface area contributed by atoms with Gasteiger partial charge in [-0.15, -0.1) is 5.10 Å². The fourth-order valence-electron chi connectivity index (χ4n) is 2.92. The molecule has 1 aliphatic rings. The highest BCUT2D eigenvalue weighted by Gasteiger charge is 2.33. The van der Waals surface area contributed by atoms with E-state index in [9.17, 15) is 0 Å². The Bertz CT molecular complexity index is 354. The summed E-state index contributed by atoms with van der Waals surface area (Å²) in [6, 6.07) is 0. The minimum Gasteiger partial charge on any atom is -0.310 e. The number of nitrogens with one attached hydrogen (secondary N) is 1. The first-order valence-electron chi connectivity index (χ1n) is 7.25. The van der Waals surface area contributed by atoms with Crippen LogP contribution in [0.25, 0.3) is 0 Å². The van der Waals surface area contributed by atoms with Crippen molar-refractivity contribution in [1.29, 1.82) is 0 Å². The zero-order valence-corrected chi connectivity index (χ0v) is 11.7. The number of nitrogens with zero attached hydrogens (tertiary/aromatic N) is 4. The smallest absolute Gasteiger partial charge is 0.165 e. The maximum atomic E-state index is 4.17. The Kier molecular flexibility index (Phi) is 4.69. The van der Waals surface area contributed by atoms with Gasteiger partial charge in [0.15, 0.2) is 5.82 Å². The molecule has 0 amide bonds. The van der Waals surface area contributed by atoms with Crippen molar-refractivity contribution in [1.82, 2.24) is 25.5 Å². The van der Waals surface area contributed by atoms with Gasteiger partial charge in [-0.3, -0.25) is 0 Å². The summed E-state index contributed by atoms with van der Waals surface area (Å²) < 4.78 is 2.01. The second kappa shape index (κ2) is 6.27. The topological polar surface area (TPSA) is 55.6 Å². The SMILES string of the molecule is CCCNCc1nnnn1CC1(CC)CCCC1. The summed E-state index contributed by atoms with van der Waals surface area (Å²) in [6.07, 6.45) is 7.74. The summed E-state index contributed by atoms with van der Waals surface area (Å²) in [7, 11) is 0. The summed E-state index contributed by atoms with van der Waals surface area (Å²) in [5, 5.41) is 15.5. The van der Waals surface area contributed by atoms with Crippen LogP contribution in [-0.2, 0) is 13.1 Å². The molecule has 1 aromatic rings. The van der Waals surface area contributed by atoms with E-state index < -0.39 is 0 Å². The Morgan fingerprint density at radius 1 is 1.28 bits per heavy atom. The van der Waals surface area contributed by atoms with Gasteiger partial charge in [0.25, 0.3) is 0 Å². The highest BCUT2D eigenvalue weighted by atomic mass is 15.5. The monoisotopic (exact) mass is 251 g/mol. The Morgan fingerprint density at radius 2 is 2.06 bits per heavy atom. The van der Waals surface area contributed by atoms with Crippen LogP contribution in [0.4, 0.5) is 0 Å². The van der Waals surface area contributed by atoms with Crippen LogP contribution in [0.15, 0.2) is 0 Å². The lowest BCUT2D eigenvalue weighted by Gasteiger charge is -2.27. The first-order chi connectivity index (χ1) is 8.79. The molecule has 1 N–H and O–H groups in total. The van der Waals surface area contributed by atoms with Crippen molar-refractivity contribution < 1.29 is 0 Å². The van der Waals surface area contributed by atoms with Gasteiger partial charge in [0.2, 0.25) is 0 Å². The normalized spacial score (nSPS) is 18.3. The van der Waals surface area contributed by atoms with E-state index >= 15 is 0 Å². The Labute approximate surface area is 109 Å². The van der Waals surface area contributed by atoms with Gasteiger partial charge in [-0.25, -0.2) is 4.68 Å². The van der Waals surface area contributed by atoms with E-state index in [0.717, 1.165) is 31.9 Å². The Morgan fingerprint density at radius 3 is 2.72 bits per heavy atom. The highest BCUT2D eigenvalue weighted by Crippen LogP contribution is 2.42. The van der Waals surface area contributed by atoms with E-state index in [2.05, 4.69) is 34.7 Å². The first-order valence-corrected chi connectivity index (χ1v) is 7.25. The van der Waals surface area contributed by atoms with Crippen molar-refractivity contribution in [2.75, 3.05) is 6.54 Å². The molecule has 0 aromatic carbocycles. The number of hydrogen-bond donors (Lipinski definition) is 1. The molecule has 0 unspecified atom stereocenters. The predicted molar refractivity (Wildman–Crippen MR) is 71.0 cm³/mol. The van der Waals surface area contributed by atoms with Crippen molar-refractivity contribution in [3.05, 3.63) is 5.82 Å². The molecule has 0 aliphatic heterocycles. The minimum atomic E-state index is 0.439. The molecule has 1 aromatic heterocycles. The average Bonchev–Trinajstić information content (AvgIpc) is 3.01. The molecular weight excluding hydrogens is 226 g/mol. The molecule has 5 heteroatoms. The van der Waals surface area contributed by atoms with Gasteiger partial charge in [0.1, 0.15) is 0 Å². The summed E-state index contributed by atoms with van der Waals surface area (Å²) in [5.41, 5.74) is 0.439. The van der Waals surface area contributed by atoms with Crippen LogP contribution in [0.2, 0.25) is 0 Å². The summed E-state index contributed by atoms with van der Waals surface area (Å²) in [4.78, 5) is 0. The van der Waals surface area contributed by atoms with Crippen molar-refractivity contribution in [3.8, 4) is 0 Å². The lowest BCUT2D eigenvalue weighted by molar-refractivity contribution is 0.221. The molecule has 1 fully saturated rings. The molecule has 1 heterocycles. The quantitative estimate of drug-likeness (QED) is 0.754. The van der Waals surface area contributed by atoms with Crippen molar-refractivity contribution in [2.45, 2.75) is 65.5 Å². The standard InChI is InChI=1S/C13H25N5/c1-3-9-14-10-12-15-16-17-18(12)11-13(4-2)7-5-6-8-13/h14H,3-11H2,1-2H3. The van der Waals surface area contributed by atoms with Crippen LogP contribution in [0.1, 0.15) is 58.2 Å². The van der Waals surface area contributed by atoms with E-state index in [4.69, 9.17) is 0 Å². The zero-order chi connectivity index (χ0) is 12.8. The second-order valence-electron chi connectivity index (χ2n) is 5.49. The molecule has 1 aliphatic carbocycles. The molecule has 0 radical (unpaired) electrons. The molecule has 2 rings (SSSR count). The van der Waals surface area contributed by atoms with Crippen LogP contribution in [0.5, 0.6) is 0 Å². The summed E-state index contributed by atoms with van der Waals surface area (Å²) in [5.74, 6) is 0.975. The largest absolute Gasteiger partial charge is 0.310 e. The summed E-state index contributed by atoms with van der Waals surface area (Å²) in [6.45, 7) is 7.25. The molecule has 102 valence electrons. The average molecular weight is 251 g/mol. The second-order valence-corrected chi connectivity index (χ2v) is 5.49. The molecule has 0 spiro atoms. The molecule has 5 nitrogen and oxygen atoms in total. The minimum absolute atomic E-state index is 0.439. The molecule has 0 bridgehead atoms. The third-order valence-electron chi connectivity index (χ3n) is 4.22. The van der Waals surface area contributed by atoms with E-state index in [1.165, 1.54) is 32.1 Å². The van der Waals surface area contributed by atoms with Gasteiger partial charge in [0.05, 0.1) is 13.1 Å². The van der Waals surface area contributed by atoms with Crippen LogP contribution in [0.3, 0.4) is 0 Å². The molecule has 1 saturated carbocycles. The summed E-state index contributed by atoms with van der Waals surface area (Å²) >= 11 is 0. The van der Waals surface area contributed by atoms with Gasteiger partial charge in [0, 0.05) is 0 Å². The fraction of sp³-hybridized carbons (Fsp3) is 0.923. The van der Waals surface area contributed by atoms with Gasteiger partial charge in [-0.1, -0.05) is 26.7 Å². The lowest BCUT2D eigenvalue weighted by atomic mass is 9.83. The first kappa shape index (κ1) is 13.5. The Hall–Kier alpha value is -0.970. The molecule has 0 atom stereocenters. The van der Waals surface area contributed by atoms with Crippen LogP contribution >= 0.6 is 0 Å². The van der Waals surface area contributed by atoms with E-state index in [0.29, 0.717) is 5.41 Å². The van der Waals surface area contributed by atoms with E-state index in [-0.39, 0.29) is 0 Å². The van der Waals surface area contributed by atoms with Gasteiger partial charge >= 0.3 is 0 Å². The maximum absolute atomic E-state index is 4.17. The molecule has 0 saturated heterocycles. The van der Waals surface area contributed by atoms with E-state index in [1.807, 2.05) is 4.68 Å². The van der Waals surface area contributed by atoms with Crippen LogP contribution in [-0.4, -0.2) is 26.8 Å². The van der Waals surface area contributed by atoms with Gasteiger partial charge < -0.3 is 5.32 Å². The third kappa shape index (κ3) is 3.07. The van der Waals surface area contributed by atoms with E-state index in [1.54, 1.807) is 0 Å². The maximum Gasteiger partial charge on any atom is 0.165 e. The fourth-order valence-corrected chi connectivity index (χ4v) is 2.92. The number of rotatable bonds is 7. The van der Waals surface area contributed by atoms with Crippen molar-refractivity contribution in [3.63, 3.8) is 0 Å².